The van der Waals surface area contributed by atoms with Crippen molar-refractivity contribution in [1.82, 2.24) is 9.55 Å². The normalized spacial score (nSPS) is 27.3. The highest BCUT2D eigenvalue weighted by molar-refractivity contribution is 6.02. The van der Waals surface area contributed by atoms with Gasteiger partial charge in [-0.15, -0.1) is 0 Å². The van der Waals surface area contributed by atoms with Gasteiger partial charge in [-0.25, -0.2) is 4.79 Å². The molecule has 1 aromatic rings. The quantitative estimate of drug-likeness (QED) is 0.348. The van der Waals surface area contributed by atoms with Gasteiger partial charge in [0.25, 0.3) is 5.56 Å². The second-order valence-electron chi connectivity index (χ2n) is 6.30. The second-order valence-corrected chi connectivity index (χ2v) is 6.30. The number of hydrogen-bond acceptors (Lipinski definition) is 9. The number of hydrogen-bond donors (Lipinski definition) is 4. The molecule has 6 atom stereocenters. The first-order valence-corrected chi connectivity index (χ1v) is 8.27. The monoisotopic (exact) mass is 386 g/mol. The van der Waals surface area contributed by atoms with Crippen LogP contribution in [0.3, 0.4) is 0 Å². The fraction of sp³-hybridized carbons (Fsp3) is 0.625. The van der Waals surface area contributed by atoms with E-state index in [2.05, 4.69) is 0 Å². The van der Waals surface area contributed by atoms with Gasteiger partial charge in [-0.1, -0.05) is 0 Å². The van der Waals surface area contributed by atoms with Crippen LogP contribution in [0.4, 0.5) is 0 Å². The van der Waals surface area contributed by atoms with Gasteiger partial charge in [0, 0.05) is 12.3 Å². The zero-order chi connectivity index (χ0) is 20.3. The van der Waals surface area contributed by atoms with E-state index in [0.29, 0.717) is 0 Å². The summed E-state index contributed by atoms with van der Waals surface area (Å²) in [5, 5.41) is 29.5. The Morgan fingerprint density at radius 2 is 2.07 bits per heavy atom. The molecule has 0 saturated carbocycles. The lowest BCUT2D eigenvalue weighted by atomic mass is 9.98. The van der Waals surface area contributed by atoms with Gasteiger partial charge in [0.1, 0.15) is 30.2 Å². The Morgan fingerprint density at radius 3 is 2.63 bits per heavy atom. The molecule has 1 aliphatic heterocycles. The standard InChI is InChI=1S/C16H22N2O9/c1-7(8(2)20)12(23)9(21)6-26-14-13(24)10(5-19)27-15(14)18-4-3-11(22)17-16(18)25/h3-4,7,9-10,13-15,19,21,24H,5-6H2,1-2H3,(H,17,22,25)/t7?,9?,10-,13-,14-,15-/m1/s1. The first kappa shape index (κ1) is 21.1. The Labute approximate surface area is 153 Å². The van der Waals surface area contributed by atoms with E-state index in [-0.39, 0.29) is 0 Å². The SMILES string of the molecule is CC(=O)C(C)C(=O)C(O)CO[C@@H]1[C@H](O)[C@@H](CO)O[C@H]1n1ccc(=O)[nH]c1=O. The van der Waals surface area contributed by atoms with Crippen LogP contribution in [0.5, 0.6) is 0 Å². The van der Waals surface area contributed by atoms with Crippen LogP contribution in [0.1, 0.15) is 20.1 Å². The Bertz CT molecular complexity index is 802. The third-order valence-electron chi connectivity index (χ3n) is 4.43. The van der Waals surface area contributed by atoms with Crippen molar-refractivity contribution in [3.63, 3.8) is 0 Å². The van der Waals surface area contributed by atoms with E-state index in [1.807, 2.05) is 4.98 Å². The van der Waals surface area contributed by atoms with E-state index in [1.54, 1.807) is 0 Å². The van der Waals surface area contributed by atoms with E-state index >= 15 is 0 Å². The number of carbonyl (C=O) groups is 2. The fourth-order valence-electron chi connectivity index (χ4n) is 2.67. The Kier molecular flexibility index (Phi) is 6.78. The van der Waals surface area contributed by atoms with Gasteiger partial charge in [0.2, 0.25) is 0 Å². The zero-order valence-corrected chi connectivity index (χ0v) is 14.8. The number of carbonyl (C=O) groups excluding carboxylic acids is 2. The number of nitrogens with one attached hydrogen (secondary N) is 1. The number of aromatic nitrogens is 2. The summed E-state index contributed by atoms with van der Waals surface area (Å²) in [6.45, 7) is 1.44. The largest absolute Gasteiger partial charge is 0.394 e. The van der Waals surface area contributed by atoms with Gasteiger partial charge in [-0.2, -0.15) is 0 Å². The maximum absolute atomic E-state index is 12.0. The molecule has 0 radical (unpaired) electrons. The van der Waals surface area contributed by atoms with E-state index in [1.165, 1.54) is 13.8 Å². The smallest absolute Gasteiger partial charge is 0.330 e. The number of ether oxygens (including phenoxy) is 2. The average molecular weight is 386 g/mol. The van der Waals surface area contributed by atoms with Crippen LogP contribution in [0.25, 0.3) is 0 Å². The molecule has 2 heterocycles. The Morgan fingerprint density at radius 1 is 1.41 bits per heavy atom. The van der Waals surface area contributed by atoms with Crippen LogP contribution >= 0.6 is 0 Å². The lowest BCUT2D eigenvalue weighted by Gasteiger charge is -2.23. The zero-order valence-electron chi connectivity index (χ0n) is 14.8. The first-order chi connectivity index (χ1) is 12.7. The molecule has 4 N–H and O–H groups in total. The molecule has 1 saturated heterocycles. The number of aliphatic hydroxyl groups excluding tert-OH is 3. The van der Waals surface area contributed by atoms with Crippen molar-refractivity contribution in [3.05, 3.63) is 33.1 Å². The van der Waals surface area contributed by atoms with Gasteiger partial charge < -0.3 is 24.8 Å². The first-order valence-electron chi connectivity index (χ1n) is 8.27. The molecule has 1 fully saturated rings. The number of rotatable bonds is 8. The minimum absolute atomic E-state index is 0.415. The summed E-state index contributed by atoms with van der Waals surface area (Å²) in [4.78, 5) is 48.4. The van der Waals surface area contributed by atoms with E-state index in [0.717, 1.165) is 16.8 Å². The topological polar surface area (TPSA) is 168 Å². The summed E-state index contributed by atoms with van der Waals surface area (Å²) in [6.07, 6.45) is -5.38. The van der Waals surface area contributed by atoms with E-state index in [4.69, 9.17) is 9.47 Å². The molecule has 11 heteroatoms. The number of nitrogens with zero attached hydrogens (tertiary/aromatic N) is 1. The van der Waals surface area contributed by atoms with Crippen LogP contribution < -0.4 is 11.2 Å². The molecular formula is C16H22N2O9. The second kappa shape index (κ2) is 8.67. The molecule has 150 valence electrons. The molecule has 0 bridgehead atoms. The van der Waals surface area contributed by atoms with Crippen molar-refractivity contribution in [2.75, 3.05) is 13.2 Å². The molecule has 11 nitrogen and oxygen atoms in total. The fourth-order valence-corrected chi connectivity index (χ4v) is 2.67. The molecule has 0 aliphatic carbocycles. The van der Waals surface area contributed by atoms with Gasteiger partial charge in [0.15, 0.2) is 12.0 Å². The number of Topliss-reactive ketones (excluding diaryl/α,β-unsaturated/α-hetero) is 2. The van der Waals surface area contributed by atoms with Crippen molar-refractivity contribution >= 4 is 11.6 Å². The summed E-state index contributed by atoms with van der Waals surface area (Å²) < 4.78 is 11.8. The highest BCUT2D eigenvalue weighted by Gasteiger charge is 2.46. The van der Waals surface area contributed by atoms with Gasteiger partial charge in [-0.3, -0.25) is 23.9 Å². The lowest BCUT2D eigenvalue weighted by molar-refractivity contribution is -0.143. The third-order valence-corrected chi connectivity index (χ3v) is 4.43. The molecule has 2 rings (SSSR count). The lowest BCUT2D eigenvalue weighted by Crippen LogP contribution is -2.42. The minimum atomic E-state index is -1.63. The highest BCUT2D eigenvalue weighted by Crippen LogP contribution is 2.30. The molecule has 0 aromatic carbocycles. The van der Waals surface area contributed by atoms with Crippen molar-refractivity contribution in [2.24, 2.45) is 5.92 Å². The average Bonchev–Trinajstić information content (AvgIpc) is 2.93. The van der Waals surface area contributed by atoms with Crippen LogP contribution in [-0.2, 0) is 19.1 Å². The molecule has 1 aliphatic rings. The van der Waals surface area contributed by atoms with Crippen molar-refractivity contribution < 1.29 is 34.4 Å². The maximum Gasteiger partial charge on any atom is 0.330 e. The highest BCUT2D eigenvalue weighted by atomic mass is 16.6. The molecule has 2 unspecified atom stereocenters. The summed E-state index contributed by atoms with van der Waals surface area (Å²) in [7, 11) is 0. The van der Waals surface area contributed by atoms with Gasteiger partial charge >= 0.3 is 5.69 Å². The summed E-state index contributed by atoms with van der Waals surface area (Å²) in [6, 6.07) is 1.06. The number of aromatic amines is 1. The van der Waals surface area contributed by atoms with Crippen LogP contribution in [0.15, 0.2) is 21.9 Å². The molecule has 0 spiro atoms. The van der Waals surface area contributed by atoms with Gasteiger partial charge in [0.05, 0.1) is 19.1 Å². The number of ketones is 2. The molecule has 1 aromatic heterocycles. The summed E-state index contributed by atoms with van der Waals surface area (Å²) in [5.41, 5.74) is -1.46. The maximum atomic E-state index is 12.0. The Balaban J connectivity index is 2.18. The Hall–Kier alpha value is -2.18. The molecular weight excluding hydrogens is 364 g/mol. The van der Waals surface area contributed by atoms with Crippen LogP contribution in [-0.4, -0.2) is 74.1 Å². The van der Waals surface area contributed by atoms with Crippen LogP contribution in [0, 0.1) is 5.92 Å². The van der Waals surface area contributed by atoms with Crippen molar-refractivity contribution in [1.29, 1.82) is 0 Å². The van der Waals surface area contributed by atoms with Crippen molar-refractivity contribution in [2.45, 2.75) is 44.5 Å². The minimum Gasteiger partial charge on any atom is -0.394 e. The predicted molar refractivity (Wildman–Crippen MR) is 88.9 cm³/mol. The van der Waals surface area contributed by atoms with Crippen molar-refractivity contribution in [3.8, 4) is 0 Å². The van der Waals surface area contributed by atoms with E-state index < -0.39 is 72.6 Å². The summed E-state index contributed by atoms with van der Waals surface area (Å²) >= 11 is 0. The summed E-state index contributed by atoms with van der Waals surface area (Å²) in [5.74, 6) is -2.18. The predicted octanol–water partition coefficient (Wildman–Crippen LogP) is -2.67. The van der Waals surface area contributed by atoms with Gasteiger partial charge in [-0.05, 0) is 13.8 Å². The number of aliphatic hydroxyl groups is 3. The van der Waals surface area contributed by atoms with E-state index in [9.17, 15) is 34.5 Å². The third kappa shape index (κ3) is 4.57. The molecule has 27 heavy (non-hydrogen) atoms. The number of H-pyrrole nitrogens is 1. The molecule has 0 amide bonds. The van der Waals surface area contributed by atoms with Crippen LogP contribution in [0.2, 0.25) is 0 Å².